The van der Waals surface area contributed by atoms with Crippen LogP contribution < -0.4 is 0 Å². The predicted octanol–water partition coefficient (Wildman–Crippen LogP) is 2.72. The van der Waals surface area contributed by atoms with E-state index >= 15 is 0 Å². The number of aliphatic hydroxyl groups is 1. The molecule has 0 saturated heterocycles. The predicted molar refractivity (Wildman–Crippen MR) is 66.3 cm³/mol. The third-order valence-corrected chi connectivity index (χ3v) is 4.97. The molecule has 0 aliphatic heterocycles. The summed E-state index contributed by atoms with van der Waals surface area (Å²) in [6.45, 7) is 9.56. The van der Waals surface area contributed by atoms with Crippen LogP contribution in [-0.4, -0.2) is 26.1 Å². The highest BCUT2D eigenvalue weighted by Crippen LogP contribution is 2.28. The van der Waals surface area contributed by atoms with Crippen LogP contribution in [0.3, 0.4) is 0 Å². The summed E-state index contributed by atoms with van der Waals surface area (Å²) >= 11 is 0. The summed E-state index contributed by atoms with van der Waals surface area (Å²) in [4.78, 5) is 0. The van der Waals surface area contributed by atoms with Gasteiger partial charge in [-0.2, -0.15) is 0 Å². The van der Waals surface area contributed by atoms with E-state index in [2.05, 4.69) is 37.9 Å². The largest absolute Gasteiger partial charge is 0.368 e. The van der Waals surface area contributed by atoms with Gasteiger partial charge < -0.3 is 9.84 Å². The first kappa shape index (κ1) is 12.7. The third kappa shape index (κ3) is 3.59. The van der Waals surface area contributed by atoms with Crippen molar-refractivity contribution in [2.45, 2.75) is 39.3 Å². The van der Waals surface area contributed by atoms with E-state index in [0.717, 1.165) is 0 Å². The first-order valence-corrected chi connectivity index (χ1v) is 9.13. The van der Waals surface area contributed by atoms with Gasteiger partial charge in [0.15, 0.2) is 6.29 Å². The highest BCUT2D eigenvalue weighted by atomic mass is 28.3. The monoisotopic (exact) mass is 226 g/mol. The Morgan fingerprint density at radius 3 is 2.67 bits per heavy atom. The van der Waals surface area contributed by atoms with Gasteiger partial charge in [-0.15, -0.1) is 0 Å². The van der Waals surface area contributed by atoms with Crippen LogP contribution in [0.2, 0.25) is 19.6 Å². The van der Waals surface area contributed by atoms with Crippen LogP contribution in [-0.2, 0) is 4.74 Å². The number of hydrogen-bond donors (Lipinski definition) is 1. The van der Waals surface area contributed by atoms with Crippen molar-refractivity contribution in [2.75, 3.05) is 6.61 Å². The van der Waals surface area contributed by atoms with Gasteiger partial charge in [0, 0.05) is 5.92 Å². The number of ether oxygens (including phenoxy) is 1. The lowest BCUT2D eigenvalue weighted by atomic mass is 10.2. The lowest BCUT2D eigenvalue weighted by Crippen LogP contribution is -2.30. The van der Waals surface area contributed by atoms with E-state index in [9.17, 15) is 5.11 Å². The highest BCUT2D eigenvalue weighted by Gasteiger charge is 2.27. The molecule has 0 aromatic heterocycles. The summed E-state index contributed by atoms with van der Waals surface area (Å²) in [6, 6.07) is 0. The molecule has 0 fully saturated rings. The molecule has 1 N–H and O–H groups in total. The Balaban J connectivity index is 2.50. The van der Waals surface area contributed by atoms with E-state index in [0.29, 0.717) is 18.9 Å². The van der Waals surface area contributed by atoms with Gasteiger partial charge in [-0.25, -0.2) is 0 Å². The van der Waals surface area contributed by atoms with Crippen LogP contribution in [0, 0.1) is 5.92 Å². The fourth-order valence-electron chi connectivity index (χ4n) is 1.80. The first-order valence-electron chi connectivity index (χ1n) is 5.63. The highest BCUT2D eigenvalue weighted by molar-refractivity contribution is 6.83. The van der Waals surface area contributed by atoms with Gasteiger partial charge in [-0.3, -0.25) is 0 Å². The van der Waals surface area contributed by atoms with Crippen LogP contribution in [0.25, 0.3) is 0 Å². The van der Waals surface area contributed by atoms with Gasteiger partial charge in [0.25, 0.3) is 0 Å². The average Bonchev–Trinajstić information content (AvgIpc) is 2.61. The smallest absolute Gasteiger partial charge is 0.154 e. The summed E-state index contributed by atoms with van der Waals surface area (Å²) in [7, 11) is -1.23. The minimum atomic E-state index is -1.23. The molecule has 0 bridgehead atoms. The molecule has 0 saturated carbocycles. The Bertz CT molecular complexity index is 263. The molecule has 1 rings (SSSR count). The molecule has 0 spiro atoms. The summed E-state index contributed by atoms with van der Waals surface area (Å²) in [5.74, 6) is 0.387. The van der Waals surface area contributed by atoms with Crippen molar-refractivity contribution in [2.24, 2.45) is 5.92 Å². The standard InChI is InChI=1S/C12H22O2Si/c1-5-12(13)14-9-10-7-6-8-11(10)15(2,3)4/h6-8,10,12-13H,5,9H2,1-4H3. The summed E-state index contributed by atoms with van der Waals surface area (Å²) < 4.78 is 5.39. The van der Waals surface area contributed by atoms with Crippen molar-refractivity contribution >= 4 is 8.07 Å². The van der Waals surface area contributed by atoms with E-state index in [-0.39, 0.29) is 0 Å². The molecule has 1 aliphatic rings. The number of hydrogen-bond acceptors (Lipinski definition) is 2. The number of aliphatic hydroxyl groups excluding tert-OH is 1. The van der Waals surface area contributed by atoms with Crippen molar-refractivity contribution in [1.29, 1.82) is 0 Å². The second-order valence-electron chi connectivity index (χ2n) is 5.06. The van der Waals surface area contributed by atoms with Crippen molar-refractivity contribution in [1.82, 2.24) is 0 Å². The first-order chi connectivity index (χ1) is 6.95. The Kier molecular flexibility index (Phi) is 4.31. The second-order valence-corrected chi connectivity index (χ2v) is 10.1. The maximum absolute atomic E-state index is 9.35. The molecule has 2 atom stereocenters. The maximum atomic E-state index is 9.35. The zero-order valence-electron chi connectivity index (χ0n) is 10.2. The van der Waals surface area contributed by atoms with Crippen LogP contribution in [0.15, 0.2) is 23.4 Å². The van der Waals surface area contributed by atoms with Crippen molar-refractivity contribution in [3.63, 3.8) is 0 Å². The molecular weight excluding hydrogens is 204 g/mol. The topological polar surface area (TPSA) is 29.5 Å². The van der Waals surface area contributed by atoms with Gasteiger partial charge in [0.1, 0.15) is 0 Å². The molecule has 86 valence electrons. The molecule has 0 aromatic carbocycles. The molecule has 0 heterocycles. The van der Waals surface area contributed by atoms with E-state index in [1.807, 2.05) is 6.92 Å². The molecule has 3 heteroatoms. The summed E-state index contributed by atoms with van der Waals surface area (Å²) in [5, 5.41) is 10.9. The van der Waals surface area contributed by atoms with Crippen molar-refractivity contribution in [3.8, 4) is 0 Å². The maximum Gasteiger partial charge on any atom is 0.154 e. The van der Waals surface area contributed by atoms with Crippen molar-refractivity contribution in [3.05, 3.63) is 23.4 Å². The van der Waals surface area contributed by atoms with Gasteiger partial charge in [0.05, 0.1) is 14.7 Å². The zero-order valence-corrected chi connectivity index (χ0v) is 11.2. The molecule has 2 unspecified atom stereocenters. The third-order valence-electron chi connectivity index (χ3n) is 2.70. The molecule has 1 aliphatic carbocycles. The number of allylic oxidation sites excluding steroid dienone is 2. The van der Waals surface area contributed by atoms with Gasteiger partial charge >= 0.3 is 0 Å². The molecule has 0 amide bonds. The molecular formula is C12H22O2Si. The lowest BCUT2D eigenvalue weighted by molar-refractivity contribution is -0.104. The van der Waals surface area contributed by atoms with E-state index in [1.165, 1.54) is 5.20 Å². The summed E-state index contributed by atoms with van der Waals surface area (Å²) in [5.41, 5.74) is 0. The van der Waals surface area contributed by atoms with Crippen molar-refractivity contribution < 1.29 is 9.84 Å². The lowest BCUT2D eigenvalue weighted by Gasteiger charge is -2.25. The Hall–Kier alpha value is -0.383. The molecule has 2 nitrogen and oxygen atoms in total. The quantitative estimate of drug-likeness (QED) is 0.577. The minimum absolute atomic E-state index is 0.387. The van der Waals surface area contributed by atoms with E-state index < -0.39 is 14.4 Å². The SMILES string of the molecule is CCC(O)OCC1C=CC=C1[Si](C)(C)C. The van der Waals surface area contributed by atoms with Crippen LogP contribution in [0.5, 0.6) is 0 Å². The second kappa shape index (κ2) is 5.10. The van der Waals surface area contributed by atoms with Gasteiger partial charge in [-0.1, -0.05) is 50.0 Å². The number of rotatable bonds is 5. The molecule has 0 aromatic rings. The normalized spacial score (nSPS) is 23.0. The van der Waals surface area contributed by atoms with Crippen LogP contribution in [0.4, 0.5) is 0 Å². The van der Waals surface area contributed by atoms with Crippen LogP contribution >= 0.6 is 0 Å². The zero-order chi connectivity index (χ0) is 11.5. The Labute approximate surface area is 93.7 Å². The van der Waals surface area contributed by atoms with Gasteiger partial charge in [-0.05, 0) is 6.42 Å². The Morgan fingerprint density at radius 1 is 1.47 bits per heavy atom. The van der Waals surface area contributed by atoms with E-state index in [1.54, 1.807) is 0 Å². The van der Waals surface area contributed by atoms with Gasteiger partial charge in [0.2, 0.25) is 0 Å². The van der Waals surface area contributed by atoms with E-state index in [4.69, 9.17) is 4.74 Å². The fourth-order valence-corrected chi connectivity index (χ4v) is 3.69. The molecule has 15 heavy (non-hydrogen) atoms. The molecule has 0 radical (unpaired) electrons. The fraction of sp³-hybridized carbons (Fsp3) is 0.667. The minimum Gasteiger partial charge on any atom is -0.368 e. The Morgan fingerprint density at radius 2 is 2.13 bits per heavy atom. The summed E-state index contributed by atoms with van der Waals surface area (Å²) in [6.07, 6.45) is 6.55. The average molecular weight is 226 g/mol. The van der Waals surface area contributed by atoms with Crippen LogP contribution in [0.1, 0.15) is 13.3 Å².